The summed E-state index contributed by atoms with van der Waals surface area (Å²) in [5.74, 6) is 0. The summed E-state index contributed by atoms with van der Waals surface area (Å²) in [5, 5.41) is 24.3. The lowest BCUT2D eigenvalue weighted by Gasteiger charge is -2.25. The van der Waals surface area contributed by atoms with E-state index in [-0.39, 0.29) is 0 Å². The molecule has 0 aromatic carbocycles. The Morgan fingerprint density at radius 3 is 2.67 bits per heavy atom. The second-order valence-corrected chi connectivity index (χ2v) is 5.45. The Bertz CT molecular complexity index is 671. The summed E-state index contributed by atoms with van der Waals surface area (Å²) in [5.41, 5.74) is 0.771. The van der Waals surface area contributed by atoms with Gasteiger partial charge < -0.3 is 10.4 Å². The zero-order valence-electron chi connectivity index (χ0n) is 11.8. The average Bonchev–Trinajstić information content (AvgIpc) is 2.67. The van der Waals surface area contributed by atoms with Crippen molar-refractivity contribution in [3.05, 3.63) is 65.4 Å². The number of aromatic nitrogens is 2. The third-order valence-electron chi connectivity index (χ3n) is 3.72. The third-order valence-corrected chi connectivity index (χ3v) is 3.72. The highest BCUT2D eigenvalue weighted by molar-refractivity contribution is 6.02. The Kier molecular flexibility index (Phi) is 3.19. The number of hydrogen-bond donors (Lipinski definition) is 1. The maximum Gasteiger partial charge on any atom is 0.269 e. The lowest BCUT2D eigenvalue weighted by Crippen LogP contribution is -2.44. The van der Waals surface area contributed by atoms with Gasteiger partial charge in [0.2, 0.25) is 5.71 Å². The van der Waals surface area contributed by atoms with Crippen LogP contribution in [0, 0.1) is 5.21 Å². The van der Waals surface area contributed by atoms with Gasteiger partial charge in [0, 0.05) is 18.6 Å². The Balaban J connectivity index is 2.15. The predicted octanol–water partition coefficient (Wildman–Crippen LogP) is 1.96. The van der Waals surface area contributed by atoms with E-state index in [1.54, 1.807) is 56.7 Å². The fraction of sp³-hybridized carbons (Fsp3) is 0.267. The van der Waals surface area contributed by atoms with E-state index in [4.69, 9.17) is 0 Å². The van der Waals surface area contributed by atoms with Gasteiger partial charge in [-0.25, -0.2) is 0 Å². The van der Waals surface area contributed by atoms with Gasteiger partial charge in [0.25, 0.3) is 6.17 Å². The highest BCUT2D eigenvalue weighted by Gasteiger charge is 2.53. The molecule has 6 heteroatoms. The molecule has 0 amide bonds. The van der Waals surface area contributed by atoms with Crippen molar-refractivity contribution in [1.82, 2.24) is 15.0 Å². The van der Waals surface area contributed by atoms with Gasteiger partial charge in [0.1, 0.15) is 11.2 Å². The number of hydrogen-bond acceptors (Lipinski definition) is 5. The van der Waals surface area contributed by atoms with Crippen LogP contribution in [0.25, 0.3) is 0 Å². The van der Waals surface area contributed by atoms with Crippen LogP contribution in [0.1, 0.15) is 31.3 Å². The molecule has 0 spiro atoms. The number of rotatable bonds is 2. The topological polar surface area (TPSA) is 75.3 Å². The van der Waals surface area contributed by atoms with Crippen molar-refractivity contribution >= 4 is 5.71 Å². The highest BCUT2D eigenvalue weighted by atomic mass is 16.5. The smallest absolute Gasteiger partial charge is 0.269 e. The molecule has 0 unspecified atom stereocenters. The first-order valence-electron chi connectivity index (χ1n) is 6.67. The second kappa shape index (κ2) is 4.91. The normalized spacial score (nSPS) is 21.8. The van der Waals surface area contributed by atoms with Crippen LogP contribution in [0.3, 0.4) is 0 Å². The molecule has 0 saturated carbocycles. The van der Waals surface area contributed by atoms with Gasteiger partial charge in [-0.15, -0.1) is 5.06 Å². The van der Waals surface area contributed by atoms with Gasteiger partial charge in [-0.2, -0.15) is 4.74 Å². The fourth-order valence-electron chi connectivity index (χ4n) is 2.64. The maximum absolute atomic E-state index is 12.7. The minimum atomic E-state index is -0.851. The van der Waals surface area contributed by atoms with Crippen molar-refractivity contribution in [1.29, 1.82) is 0 Å². The summed E-state index contributed by atoms with van der Waals surface area (Å²) in [7, 11) is 0. The molecule has 0 radical (unpaired) electrons. The van der Waals surface area contributed by atoms with Gasteiger partial charge in [0.15, 0.2) is 0 Å². The van der Waals surface area contributed by atoms with E-state index >= 15 is 0 Å². The van der Waals surface area contributed by atoms with Crippen LogP contribution in [0.15, 0.2) is 48.9 Å². The van der Waals surface area contributed by atoms with E-state index in [1.165, 1.54) is 0 Å². The van der Waals surface area contributed by atoms with Gasteiger partial charge in [-0.1, -0.05) is 6.07 Å². The minimum Gasteiger partial charge on any atom is -0.622 e. The quantitative estimate of drug-likeness (QED) is 0.674. The molecule has 1 atom stereocenters. The molecule has 1 aliphatic heterocycles. The summed E-state index contributed by atoms with van der Waals surface area (Å²) in [4.78, 5) is 8.25. The van der Waals surface area contributed by atoms with E-state index in [0.29, 0.717) is 17.0 Å². The first-order chi connectivity index (χ1) is 10.0. The zero-order chi connectivity index (χ0) is 15.0. The lowest BCUT2D eigenvalue weighted by molar-refractivity contribution is -0.544. The van der Waals surface area contributed by atoms with Gasteiger partial charge >= 0.3 is 0 Å². The van der Waals surface area contributed by atoms with Gasteiger partial charge in [-0.3, -0.25) is 9.97 Å². The molecule has 0 aliphatic carbocycles. The van der Waals surface area contributed by atoms with Crippen LogP contribution in [-0.2, 0) is 0 Å². The Hall–Kier alpha value is -2.31. The van der Waals surface area contributed by atoms with Crippen molar-refractivity contribution in [3.8, 4) is 0 Å². The summed E-state index contributed by atoms with van der Waals surface area (Å²) < 4.78 is 0.805. The monoisotopic (exact) mass is 284 g/mol. The van der Waals surface area contributed by atoms with Crippen molar-refractivity contribution < 1.29 is 9.95 Å². The molecule has 0 fully saturated rings. The van der Waals surface area contributed by atoms with Crippen LogP contribution in [-0.4, -0.2) is 36.2 Å². The molecular formula is C15H16N4O2. The molecule has 3 heterocycles. The summed E-state index contributed by atoms with van der Waals surface area (Å²) in [6.45, 7) is 3.58. The summed E-state index contributed by atoms with van der Waals surface area (Å²) in [6.07, 6.45) is 4.01. The number of nitrogens with zero attached hydrogens (tertiary/aromatic N) is 4. The van der Waals surface area contributed by atoms with Gasteiger partial charge in [0.05, 0.1) is 5.56 Å². The second-order valence-electron chi connectivity index (χ2n) is 5.45. The van der Waals surface area contributed by atoms with E-state index in [9.17, 15) is 10.4 Å². The van der Waals surface area contributed by atoms with Crippen LogP contribution in [0.5, 0.6) is 0 Å². The van der Waals surface area contributed by atoms with Crippen molar-refractivity contribution in [3.63, 3.8) is 0 Å². The molecule has 2 aromatic heterocycles. The number of hydroxylamine groups is 3. The lowest BCUT2D eigenvalue weighted by atomic mass is 9.96. The molecular weight excluding hydrogens is 268 g/mol. The van der Waals surface area contributed by atoms with Gasteiger partial charge in [-0.05, 0) is 38.1 Å². The first-order valence-corrected chi connectivity index (χ1v) is 6.67. The Morgan fingerprint density at radius 2 is 2.05 bits per heavy atom. The van der Waals surface area contributed by atoms with Crippen LogP contribution >= 0.6 is 0 Å². The molecule has 21 heavy (non-hydrogen) atoms. The average molecular weight is 284 g/mol. The van der Waals surface area contributed by atoms with Crippen LogP contribution in [0.4, 0.5) is 0 Å². The van der Waals surface area contributed by atoms with E-state index in [2.05, 4.69) is 9.97 Å². The largest absolute Gasteiger partial charge is 0.622 e. The summed E-state index contributed by atoms with van der Waals surface area (Å²) in [6, 6.07) is 8.88. The Morgan fingerprint density at radius 1 is 1.24 bits per heavy atom. The van der Waals surface area contributed by atoms with Crippen LogP contribution < -0.4 is 0 Å². The molecule has 0 bridgehead atoms. The van der Waals surface area contributed by atoms with E-state index < -0.39 is 11.7 Å². The molecule has 6 nitrogen and oxygen atoms in total. The van der Waals surface area contributed by atoms with Crippen LogP contribution in [0.2, 0.25) is 0 Å². The number of pyridine rings is 2. The molecule has 3 rings (SSSR count). The van der Waals surface area contributed by atoms with Crippen molar-refractivity contribution in [2.24, 2.45) is 0 Å². The Labute approximate surface area is 122 Å². The molecule has 1 N–H and O–H groups in total. The standard InChI is InChI=1S/C15H16N4O2/c1-15(2)13(12-7-3-4-9-17-12)18(20)14(19(15)21)11-6-5-8-16-10-11/h3-10,14,21H,1-2H3/t14-/m0/s1. The van der Waals surface area contributed by atoms with E-state index in [0.717, 1.165) is 9.80 Å². The summed E-state index contributed by atoms with van der Waals surface area (Å²) >= 11 is 0. The molecule has 2 aromatic rings. The molecule has 1 aliphatic rings. The minimum absolute atomic E-state index is 0.430. The van der Waals surface area contributed by atoms with Crippen molar-refractivity contribution in [2.75, 3.05) is 0 Å². The highest BCUT2D eigenvalue weighted by Crippen LogP contribution is 2.35. The maximum atomic E-state index is 12.7. The van der Waals surface area contributed by atoms with Crippen molar-refractivity contribution in [2.45, 2.75) is 25.6 Å². The molecule has 0 saturated heterocycles. The first kappa shape index (κ1) is 13.7. The SMILES string of the molecule is CC1(C)C(c2ccccn2)=[N+]([O-])[C@H](c2cccnc2)N1O. The zero-order valence-corrected chi connectivity index (χ0v) is 11.8. The fourth-order valence-corrected chi connectivity index (χ4v) is 2.64. The predicted molar refractivity (Wildman–Crippen MR) is 76.7 cm³/mol. The third kappa shape index (κ3) is 2.09. The molecule has 108 valence electrons. The van der Waals surface area contributed by atoms with E-state index in [1.807, 2.05) is 6.07 Å².